The lowest BCUT2D eigenvalue weighted by atomic mass is 9.92. The summed E-state index contributed by atoms with van der Waals surface area (Å²) in [7, 11) is 0. The normalized spacial score (nSPS) is 21.5. The van der Waals surface area contributed by atoms with Gasteiger partial charge < -0.3 is 10.2 Å². The van der Waals surface area contributed by atoms with E-state index in [0.717, 1.165) is 29.0 Å². The maximum Gasteiger partial charge on any atom is 0.325 e. The number of imide groups is 1. The highest BCUT2D eigenvalue weighted by Gasteiger charge is 2.49. The molecule has 2 heterocycles. The van der Waals surface area contributed by atoms with E-state index in [1.165, 1.54) is 24.3 Å². The number of hydrogen-bond acceptors (Lipinski definition) is 3. The Morgan fingerprint density at radius 1 is 1.14 bits per heavy atom. The summed E-state index contributed by atoms with van der Waals surface area (Å²) in [5.74, 6) is -1.26. The van der Waals surface area contributed by atoms with Gasteiger partial charge in [-0.1, -0.05) is 30.3 Å². The Hall–Kier alpha value is -3.22. The maximum atomic E-state index is 13.2. The van der Waals surface area contributed by atoms with Gasteiger partial charge in [-0.3, -0.25) is 14.5 Å². The molecular weight excluding hydrogens is 361 g/mol. The van der Waals surface area contributed by atoms with E-state index >= 15 is 0 Å². The molecule has 1 unspecified atom stereocenters. The van der Waals surface area contributed by atoms with Crippen LogP contribution in [-0.2, 0) is 21.5 Å². The number of hydrogen-bond donors (Lipinski definition) is 1. The van der Waals surface area contributed by atoms with Crippen molar-refractivity contribution in [3.63, 3.8) is 0 Å². The highest BCUT2D eigenvalue weighted by molar-refractivity contribution is 6.10. The molecule has 6 nitrogen and oxygen atoms in total. The molecule has 0 aliphatic carbocycles. The first-order valence-electron chi connectivity index (χ1n) is 9.18. The third-order valence-electron chi connectivity index (χ3n) is 5.40. The number of halogens is 1. The van der Waals surface area contributed by atoms with Gasteiger partial charge in [0.05, 0.1) is 0 Å². The first-order valence-corrected chi connectivity index (χ1v) is 9.18. The number of carbonyl (C=O) groups is 3. The average molecular weight is 381 g/mol. The Kier molecular flexibility index (Phi) is 4.37. The van der Waals surface area contributed by atoms with Gasteiger partial charge >= 0.3 is 6.03 Å². The SMILES string of the molecule is CC1(c2ccc(F)cc2)NC(=O)N(CC(=O)N2CCCc3ccccc32)C1=O. The number of nitrogens with one attached hydrogen (secondary N) is 1. The zero-order valence-electron chi connectivity index (χ0n) is 15.4. The number of para-hydroxylation sites is 1. The summed E-state index contributed by atoms with van der Waals surface area (Å²) in [4.78, 5) is 40.9. The van der Waals surface area contributed by atoms with Crippen molar-refractivity contribution in [2.75, 3.05) is 18.0 Å². The fourth-order valence-electron chi connectivity index (χ4n) is 3.83. The highest BCUT2D eigenvalue weighted by atomic mass is 19.1. The van der Waals surface area contributed by atoms with Crippen molar-refractivity contribution in [3.8, 4) is 0 Å². The molecule has 4 rings (SSSR count). The Bertz CT molecular complexity index is 960. The van der Waals surface area contributed by atoms with Crippen LogP contribution in [0.15, 0.2) is 48.5 Å². The van der Waals surface area contributed by atoms with Gasteiger partial charge in [0, 0.05) is 12.2 Å². The molecule has 0 spiro atoms. The molecule has 1 fully saturated rings. The molecule has 1 saturated heterocycles. The van der Waals surface area contributed by atoms with Crippen LogP contribution in [0.25, 0.3) is 0 Å². The topological polar surface area (TPSA) is 69.7 Å². The quantitative estimate of drug-likeness (QED) is 0.831. The largest absolute Gasteiger partial charge is 0.325 e. The minimum Gasteiger partial charge on any atom is -0.319 e. The van der Waals surface area contributed by atoms with Crippen molar-refractivity contribution < 1.29 is 18.8 Å². The molecule has 2 aromatic carbocycles. The number of amides is 4. The number of carbonyl (C=O) groups excluding carboxylic acids is 3. The lowest BCUT2D eigenvalue weighted by Crippen LogP contribution is -2.46. The van der Waals surface area contributed by atoms with E-state index in [-0.39, 0.29) is 12.5 Å². The third-order valence-corrected chi connectivity index (χ3v) is 5.40. The van der Waals surface area contributed by atoms with E-state index in [2.05, 4.69) is 5.32 Å². The predicted molar refractivity (Wildman–Crippen MR) is 101 cm³/mol. The summed E-state index contributed by atoms with van der Waals surface area (Å²) in [6, 6.07) is 12.4. The second-order valence-corrected chi connectivity index (χ2v) is 7.23. The number of fused-ring (bicyclic) bond motifs is 1. The second-order valence-electron chi connectivity index (χ2n) is 7.23. The number of benzene rings is 2. The van der Waals surface area contributed by atoms with E-state index in [4.69, 9.17) is 0 Å². The summed E-state index contributed by atoms with van der Waals surface area (Å²) in [5, 5.41) is 2.64. The molecule has 2 aliphatic rings. The van der Waals surface area contributed by atoms with Crippen LogP contribution < -0.4 is 10.2 Å². The van der Waals surface area contributed by atoms with Crippen molar-refractivity contribution in [3.05, 3.63) is 65.5 Å². The molecule has 0 aromatic heterocycles. The second kappa shape index (κ2) is 6.74. The Morgan fingerprint density at radius 2 is 1.86 bits per heavy atom. The number of urea groups is 1. The minimum absolute atomic E-state index is 0.306. The van der Waals surface area contributed by atoms with Crippen molar-refractivity contribution >= 4 is 23.5 Å². The molecule has 144 valence electrons. The van der Waals surface area contributed by atoms with Crippen LogP contribution in [0.5, 0.6) is 0 Å². The van der Waals surface area contributed by atoms with Crippen LogP contribution in [0, 0.1) is 5.82 Å². The number of aryl methyl sites for hydroxylation is 1. The summed E-state index contributed by atoms with van der Waals surface area (Å²) in [6.45, 7) is 1.77. The third kappa shape index (κ3) is 2.93. The van der Waals surface area contributed by atoms with Gasteiger partial charge in [0.1, 0.15) is 17.9 Å². The van der Waals surface area contributed by atoms with E-state index < -0.39 is 23.3 Å². The molecule has 7 heteroatoms. The van der Waals surface area contributed by atoms with Crippen LogP contribution in [0.1, 0.15) is 24.5 Å². The van der Waals surface area contributed by atoms with Gasteiger partial charge in [0.25, 0.3) is 5.91 Å². The summed E-state index contributed by atoms with van der Waals surface area (Å²) < 4.78 is 13.2. The van der Waals surface area contributed by atoms with E-state index in [1.54, 1.807) is 11.8 Å². The van der Waals surface area contributed by atoms with Gasteiger partial charge in [-0.2, -0.15) is 0 Å². The number of rotatable bonds is 3. The smallest absolute Gasteiger partial charge is 0.319 e. The lowest BCUT2D eigenvalue weighted by molar-refractivity contribution is -0.134. The van der Waals surface area contributed by atoms with Crippen molar-refractivity contribution in [2.45, 2.75) is 25.3 Å². The molecule has 2 aromatic rings. The molecule has 0 saturated carbocycles. The first kappa shape index (κ1) is 18.2. The standard InChI is InChI=1S/C21H20FN3O3/c1-21(15-8-10-16(22)11-9-15)19(27)25(20(28)23-21)13-18(26)24-12-4-6-14-5-2-3-7-17(14)24/h2-3,5,7-11H,4,6,12-13H2,1H3,(H,23,28). The van der Waals surface area contributed by atoms with Gasteiger partial charge in [0.2, 0.25) is 5.91 Å². The summed E-state index contributed by atoms with van der Waals surface area (Å²) >= 11 is 0. The Morgan fingerprint density at radius 3 is 2.61 bits per heavy atom. The van der Waals surface area contributed by atoms with E-state index in [1.807, 2.05) is 24.3 Å². The van der Waals surface area contributed by atoms with Crippen molar-refractivity contribution in [1.29, 1.82) is 0 Å². The molecular formula is C21H20FN3O3. The maximum absolute atomic E-state index is 13.2. The van der Waals surface area contributed by atoms with Gasteiger partial charge in [-0.25, -0.2) is 9.18 Å². The van der Waals surface area contributed by atoms with E-state index in [9.17, 15) is 18.8 Å². The first-order chi connectivity index (χ1) is 13.4. The van der Waals surface area contributed by atoms with Crippen LogP contribution in [0.2, 0.25) is 0 Å². The molecule has 0 radical (unpaired) electrons. The Balaban J connectivity index is 1.56. The monoisotopic (exact) mass is 381 g/mol. The Labute approximate surface area is 161 Å². The van der Waals surface area contributed by atoms with Gasteiger partial charge in [-0.05, 0) is 49.1 Å². The molecule has 1 atom stereocenters. The molecule has 28 heavy (non-hydrogen) atoms. The fraction of sp³-hybridized carbons (Fsp3) is 0.286. The van der Waals surface area contributed by atoms with E-state index in [0.29, 0.717) is 12.1 Å². The lowest BCUT2D eigenvalue weighted by Gasteiger charge is -2.30. The molecule has 1 N–H and O–H groups in total. The van der Waals surface area contributed by atoms with Crippen molar-refractivity contribution in [2.24, 2.45) is 0 Å². The predicted octanol–water partition coefficient (Wildman–Crippen LogP) is 2.57. The summed E-state index contributed by atoms with van der Waals surface area (Å²) in [6.07, 6.45) is 1.72. The number of nitrogens with zero attached hydrogens (tertiary/aromatic N) is 2. The van der Waals surface area contributed by atoms with Crippen LogP contribution in [-0.4, -0.2) is 35.8 Å². The fourth-order valence-corrected chi connectivity index (χ4v) is 3.83. The van der Waals surface area contributed by atoms with Crippen molar-refractivity contribution in [1.82, 2.24) is 10.2 Å². The number of anilines is 1. The molecule has 0 bridgehead atoms. The average Bonchev–Trinajstić information content (AvgIpc) is 2.92. The zero-order valence-corrected chi connectivity index (χ0v) is 15.4. The molecule has 2 aliphatic heterocycles. The highest BCUT2D eigenvalue weighted by Crippen LogP contribution is 2.30. The van der Waals surface area contributed by atoms with Crippen LogP contribution >= 0.6 is 0 Å². The zero-order chi connectivity index (χ0) is 19.9. The minimum atomic E-state index is -1.33. The van der Waals surface area contributed by atoms with Gasteiger partial charge in [-0.15, -0.1) is 0 Å². The summed E-state index contributed by atoms with van der Waals surface area (Å²) in [5.41, 5.74) is 1.04. The van der Waals surface area contributed by atoms with Crippen LogP contribution in [0.4, 0.5) is 14.9 Å². The van der Waals surface area contributed by atoms with Gasteiger partial charge in [0.15, 0.2) is 0 Å². The molecule has 4 amide bonds. The van der Waals surface area contributed by atoms with Crippen LogP contribution in [0.3, 0.4) is 0 Å².